The zero-order chi connectivity index (χ0) is 24.0. The lowest BCUT2D eigenvalue weighted by Gasteiger charge is -2.32. The zero-order valence-corrected chi connectivity index (χ0v) is 21.0. The van der Waals surface area contributed by atoms with Crippen LogP contribution in [0.15, 0.2) is 72.8 Å². The Balaban J connectivity index is 1.12. The first kappa shape index (κ1) is 24.1. The topological polar surface area (TPSA) is 35.6 Å². The van der Waals surface area contributed by atoms with E-state index >= 15 is 0 Å². The number of nitrogens with one attached hydrogen (secondary N) is 1. The minimum absolute atomic E-state index is 0.0412. The Hall–Kier alpha value is -2.66. The Morgan fingerprint density at radius 1 is 0.857 bits per heavy atom. The second-order valence-electron chi connectivity index (χ2n) is 9.97. The average molecular weight is 488 g/mol. The van der Waals surface area contributed by atoms with Gasteiger partial charge in [0.1, 0.15) is 0 Å². The van der Waals surface area contributed by atoms with Crippen LogP contribution < -0.4 is 5.32 Å². The van der Waals surface area contributed by atoms with Crippen LogP contribution in [0.1, 0.15) is 40.7 Å². The Kier molecular flexibility index (Phi) is 7.82. The SMILES string of the molecule is O=C(NCc1cccc(CN2CCc3ccccc3C2)c1)C1CCCN(Cc2cccc(Cl)c2)C1. The van der Waals surface area contributed by atoms with Gasteiger partial charge >= 0.3 is 0 Å². The first-order valence-corrected chi connectivity index (χ1v) is 13.1. The number of hydrogen-bond donors (Lipinski definition) is 1. The Morgan fingerprint density at radius 2 is 1.60 bits per heavy atom. The van der Waals surface area contributed by atoms with Crippen molar-refractivity contribution in [2.24, 2.45) is 5.92 Å². The summed E-state index contributed by atoms with van der Waals surface area (Å²) >= 11 is 6.14. The van der Waals surface area contributed by atoms with Crippen molar-refractivity contribution in [1.29, 1.82) is 0 Å². The van der Waals surface area contributed by atoms with E-state index < -0.39 is 0 Å². The Morgan fingerprint density at radius 3 is 2.46 bits per heavy atom. The molecule has 2 aliphatic rings. The smallest absolute Gasteiger partial charge is 0.224 e. The number of carbonyl (C=O) groups excluding carboxylic acids is 1. The lowest BCUT2D eigenvalue weighted by atomic mass is 9.96. The van der Waals surface area contributed by atoms with E-state index in [4.69, 9.17) is 11.6 Å². The summed E-state index contributed by atoms with van der Waals surface area (Å²) in [5.41, 5.74) is 6.60. The number of benzene rings is 3. The number of amides is 1. The zero-order valence-electron chi connectivity index (χ0n) is 20.3. The monoisotopic (exact) mass is 487 g/mol. The van der Waals surface area contributed by atoms with Crippen LogP contribution in [-0.4, -0.2) is 35.3 Å². The lowest BCUT2D eigenvalue weighted by molar-refractivity contribution is -0.126. The molecule has 3 aromatic rings. The maximum absolute atomic E-state index is 13.0. The van der Waals surface area contributed by atoms with Crippen LogP contribution in [0, 0.1) is 5.92 Å². The van der Waals surface area contributed by atoms with E-state index in [-0.39, 0.29) is 11.8 Å². The molecule has 0 radical (unpaired) electrons. The van der Waals surface area contributed by atoms with Gasteiger partial charge in [0, 0.05) is 44.3 Å². The number of nitrogens with zero attached hydrogens (tertiary/aromatic N) is 2. The molecule has 2 aliphatic heterocycles. The number of likely N-dealkylation sites (tertiary alicyclic amines) is 1. The van der Waals surface area contributed by atoms with E-state index in [0.717, 1.165) is 63.6 Å². The summed E-state index contributed by atoms with van der Waals surface area (Å²) in [7, 11) is 0. The van der Waals surface area contributed by atoms with Gasteiger partial charge in [-0.1, -0.05) is 72.3 Å². The van der Waals surface area contributed by atoms with Crippen LogP contribution >= 0.6 is 11.6 Å². The van der Waals surface area contributed by atoms with Crippen molar-refractivity contribution in [2.75, 3.05) is 19.6 Å². The van der Waals surface area contributed by atoms with Gasteiger partial charge in [0.05, 0.1) is 5.92 Å². The van der Waals surface area contributed by atoms with Gasteiger partial charge in [0.25, 0.3) is 0 Å². The first-order valence-electron chi connectivity index (χ1n) is 12.7. The van der Waals surface area contributed by atoms with Gasteiger partial charge in [-0.25, -0.2) is 0 Å². The molecule has 1 saturated heterocycles. The van der Waals surface area contributed by atoms with Crippen molar-refractivity contribution in [2.45, 2.75) is 45.4 Å². The molecule has 5 rings (SSSR count). The molecule has 5 heteroatoms. The molecule has 3 aromatic carbocycles. The molecule has 0 bridgehead atoms. The molecule has 182 valence electrons. The standard InChI is InChI=1S/C30H34ClN3O/c31-29-12-4-8-25(17-29)20-33-14-5-11-28(22-33)30(35)32-18-23-6-3-7-24(16-23)19-34-15-13-26-9-1-2-10-27(26)21-34/h1-4,6-10,12,16-17,28H,5,11,13-15,18-22H2,(H,32,35). The molecular formula is C30H34ClN3O. The summed E-state index contributed by atoms with van der Waals surface area (Å²) in [6, 6.07) is 25.4. The molecule has 0 spiro atoms. The van der Waals surface area contributed by atoms with Crippen molar-refractivity contribution in [3.05, 3.63) is 106 Å². The molecule has 1 N–H and O–H groups in total. The third-order valence-electron chi connectivity index (χ3n) is 7.25. The molecule has 1 unspecified atom stereocenters. The number of rotatable bonds is 7. The molecule has 1 atom stereocenters. The van der Waals surface area contributed by atoms with Crippen LogP contribution in [0.3, 0.4) is 0 Å². The average Bonchev–Trinajstić information content (AvgIpc) is 2.88. The maximum atomic E-state index is 13.0. The molecule has 35 heavy (non-hydrogen) atoms. The first-order chi connectivity index (χ1) is 17.1. The summed E-state index contributed by atoms with van der Waals surface area (Å²) in [5.74, 6) is 0.207. The van der Waals surface area contributed by atoms with E-state index in [1.54, 1.807) is 0 Å². The fraction of sp³-hybridized carbons (Fsp3) is 0.367. The normalized spacial score (nSPS) is 18.7. The lowest BCUT2D eigenvalue weighted by Crippen LogP contribution is -2.42. The molecule has 0 aromatic heterocycles. The van der Waals surface area contributed by atoms with E-state index in [2.05, 4.69) is 69.7 Å². The Bertz CT molecular complexity index is 1160. The fourth-order valence-corrected chi connectivity index (χ4v) is 5.64. The summed E-state index contributed by atoms with van der Waals surface area (Å²) in [6.07, 6.45) is 3.11. The van der Waals surface area contributed by atoms with Crippen molar-refractivity contribution in [3.63, 3.8) is 0 Å². The summed E-state index contributed by atoms with van der Waals surface area (Å²) in [5, 5.41) is 3.97. The fourth-order valence-electron chi connectivity index (χ4n) is 5.43. The Labute approximate surface area is 213 Å². The number of halogens is 1. The predicted molar refractivity (Wildman–Crippen MR) is 142 cm³/mol. The van der Waals surface area contributed by atoms with E-state index in [9.17, 15) is 4.79 Å². The molecule has 1 amide bonds. The molecule has 1 fully saturated rings. The number of fused-ring (bicyclic) bond motifs is 1. The van der Waals surface area contributed by atoms with Gasteiger partial charge in [-0.2, -0.15) is 0 Å². The van der Waals surface area contributed by atoms with Crippen LogP contribution in [0.4, 0.5) is 0 Å². The summed E-state index contributed by atoms with van der Waals surface area (Å²) < 4.78 is 0. The highest BCUT2D eigenvalue weighted by atomic mass is 35.5. The second-order valence-corrected chi connectivity index (χ2v) is 10.4. The number of carbonyl (C=O) groups is 1. The van der Waals surface area contributed by atoms with Gasteiger partial charge < -0.3 is 5.32 Å². The molecule has 4 nitrogen and oxygen atoms in total. The second kappa shape index (κ2) is 11.4. The van der Waals surface area contributed by atoms with Crippen molar-refractivity contribution >= 4 is 17.5 Å². The largest absolute Gasteiger partial charge is 0.352 e. The van der Waals surface area contributed by atoms with E-state index in [1.165, 1.54) is 27.8 Å². The van der Waals surface area contributed by atoms with Gasteiger partial charge in [-0.05, 0) is 65.8 Å². The molecule has 0 aliphatic carbocycles. The van der Waals surface area contributed by atoms with Crippen LogP contribution in [0.5, 0.6) is 0 Å². The molecule has 0 saturated carbocycles. The number of hydrogen-bond acceptors (Lipinski definition) is 3. The van der Waals surface area contributed by atoms with Crippen molar-refractivity contribution in [3.8, 4) is 0 Å². The highest BCUT2D eigenvalue weighted by molar-refractivity contribution is 6.30. The highest BCUT2D eigenvalue weighted by Gasteiger charge is 2.25. The number of piperidine rings is 1. The third kappa shape index (κ3) is 6.52. The van der Waals surface area contributed by atoms with E-state index in [0.29, 0.717) is 6.54 Å². The molecular weight excluding hydrogens is 454 g/mol. The highest BCUT2D eigenvalue weighted by Crippen LogP contribution is 2.22. The van der Waals surface area contributed by atoms with Crippen molar-refractivity contribution in [1.82, 2.24) is 15.1 Å². The summed E-state index contributed by atoms with van der Waals surface area (Å²) in [4.78, 5) is 17.9. The molecule has 2 heterocycles. The van der Waals surface area contributed by atoms with Crippen molar-refractivity contribution < 1.29 is 4.79 Å². The minimum atomic E-state index is 0.0412. The van der Waals surface area contributed by atoms with Crippen LogP contribution in [0.2, 0.25) is 5.02 Å². The van der Waals surface area contributed by atoms with Crippen LogP contribution in [0.25, 0.3) is 0 Å². The van der Waals surface area contributed by atoms with Gasteiger partial charge in [-0.15, -0.1) is 0 Å². The third-order valence-corrected chi connectivity index (χ3v) is 7.48. The maximum Gasteiger partial charge on any atom is 0.224 e. The summed E-state index contributed by atoms with van der Waals surface area (Å²) in [6.45, 7) is 6.29. The van der Waals surface area contributed by atoms with E-state index in [1.807, 2.05) is 18.2 Å². The van der Waals surface area contributed by atoms with Gasteiger partial charge in [0.2, 0.25) is 5.91 Å². The van der Waals surface area contributed by atoms with Crippen LogP contribution in [-0.2, 0) is 37.4 Å². The van der Waals surface area contributed by atoms with Gasteiger partial charge in [0.15, 0.2) is 0 Å². The minimum Gasteiger partial charge on any atom is -0.352 e. The quantitative estimate of drug-likeness (QED) is 0.483. The van der Waals surface area contributed by atoms with Gasteiger partial charge in [-0.3, -0.25) is 14.6 Å². The predicted octanol–water partition coefficient (Wildman–Crippen LogP) is 5.43.